The van der Waals surface area contributed by atoms with E-state index in [9.17, 15) is 4.79 Å². The lowest BCUT2D eigenvalue weighted by molar-refractivity contribution is 0.0437. The molecule has 0 fully saturated rings. The van der Waals surface area contributed by atoms with E-state index in [-0.39, 0.29) is 6.61 Å². The van der Waals surface area contributed by atoms with Gasteiger partial charge in [0, 0.05) is 12.5 Å². The maximum absolute atomic E-state index is 12.1. The highest BCUT2D eigenvalue weighted by Crippen LogP contribution is 2.38. The molecule has 0 saturated carbocycles. The van der Waals surface area contributed by atoms with Gasteiger partial charge in [0.15, 0.2) is 23.9 Å². The molecular weight excluding hydrogens is 310 g/mol. The zero-order valence-corrected chi connectivity index (χ0v) is 12.7. The fraction of sp³-hybridized carbons (Fsp3) is 0.333. The number of benzene rings is 1. The van der Waals surface area contributed by atoms with Gasteiger partial charge in [-0.3, -0.25) is 0 Å². The van der Waals surface area contributed by atoms with Gasteiger partial charge >= 0.3 is 5.97 Å². The fourth-order valence-corrected chi connectivity index (χ4v) is 2.32. The van der Waals surface area contributed by atoms with Crippen molar-refractivity contribution in [3.8, 4) is 11.5 Å². The first-order valence-corrected chi connectivity index (χ1v) is 7.20. The Hall–Kier alpha value is -2.21. The number of halogens is 1. The number of ether oxygens (including phenoxy) is 3. The van der Waals surface area contributed by atoms with E-state index in [1.807, 2.05) is 0 Å². The summed E-state index contributed by atoms with van der Waals surface area (Å²) >= 11 is 6.14. The van der Waals surface area contributed by atoms with Crippen LogP contribution in [-0.2, 0) is 11.3 Å². The van der Waals surface area contributed by atoms with Crippen LogP contribution >= 0.6 is 11.6 Å². The van der Waals surface area contributed by atoms with Gasteiger partial charge in [-0.15, -0.1) is 0 Å². The van der Waals surface area contributed by atoms with E-state index in [2.05, 4.69) is 5.16 Å². The third-order valence-electron chi connectivity index (χ3n) is 3.06. The number of hydrogen-bond acceptors (Lipinski definition) is 6. The van der Waals surface area contributed by atoms with Crippen molar-refractivity contribution in [1.82, 2.24) is 5.16 Å². The predicted molar refractivity (Wildman–Crippen MR) is 77.4 cm³/mol. The van der Waals surface area contributed by atoms with Crippen molar-refractivity contribution in [3.05, 3.63) is 40.2 Å². The Balaban J connectivity index is 1.75. The van der Waals surface area contributed by atoms with Gasteiger partial charge in [-0.1, -0.05) is 16.8 Å². The van der Waals surface area contributed by atoms with E-state index in [0.29, 0.717) is 41.1 Å². The molecule has 3 rings (SSSR count). The Labute approximate surface area is 131 Å². The topological polar surface area (TPSA) is 70.8 Å². The van der Waals surface area contributed by atoms with E-state index in [4.69, 9.17) is 30.3 Å². The first kappa shape index (κ1) is 14.7. The summed E-state index contributed by atoms with van der Waals surface area (Å²) in [4.78, 5) is 12.1. The molecule has 2 heterocycles. The average molecular weight is 324 g/mol. The molecule has 22 heavy (non-hydrogen) atoms. The molecule has 1 aromatic carbocycles. The molecule has 0 atom stereocenters. The molecule has 1 aliphatic rings. The first-order chi connectivity index (χ1) is 10.6. The number of esters is 1. The number of hydrogen-bond donors (Lipinski definition) is 0. The molecule has 2 aromatic rings. The summed E-state index contributed by atoms with van der Waals surface area (Å²) in [5.74, 6) is 0.868. The lowest BCUT2D eigenvalue weighted by Gasteiger charge is -2.11. The van der Waals surface area contributed by atoms with Crippen molar-refractivity contribution in [2.75, 3.05) is 13.2 Å². The summed E-state index contributed by atoms with van der Waals surface area (Å²) in [5, 5.41) is 4.05. The van der Waals surface area contributed by atoms with Gasteiger partial charge in [-0.25, -0.2) is 4.79 Å². The monoisotopic (exact) mass is 323 g/mol. The van der Waals surface area contributed by atoms with Crippen LogP contribution in [0, 0.1) is 6.92 Å². The minimum Gasteiger partial charge on any atom is -0.489 e. The number of carbonyl (C=O) groups excluding carboxylic acids is 1. The standard InChI is InChI=1S/C15H14ClNO5/c1-9-5-11(22-17-9)8-21-15(18)10-6-12(16)14-13(7-10)19-3-2-4-20-14/h5-7H,2-4,8H2,1H3. The van der Waals surface area contributed by atoms with Crippen LogP contribution < -0.4 is 9.47 Å². The molecule has 0 N–H and O–H groups in total. The summed E-state index contributed by atoms with van der Waals surface area (Å²) in [6.07, 6.45) is 0.760. The molecule has 0 radical (unpaired) electrons. The highest BCUT2D eigenvalue weighted by atomic mass is 35.5. The molecule has 0 aliphatic carbocycles. The summed E-state index contributed by atoms with van der Waals surface area (Å²) in [6.45, 7) is 2.84. The third-order valence-corrected chi connectivity index (χ3v) is 3.34. The van der Waals surface area contributed by atoms with Crippen LogP contribution in [0.2, 0.25) is 5.02 Å². The van der Waals surface area contributed by atoms with E-state index in [0.717, 1.165) is 12.1 Å². The van der Waals surface area contributed by atoms with Crippen molar-refractivity contribution in [2.24, 2.45) is 0 Å². The van der Waals surface area contributed by atoms with Gasteiger partial charge in [0.25, 0.3) is 0 Å². The molecule has 0 spiro atoms. The van der Waals surface area contributed by atoms with Gasteiger partial charge in [0.2, 0.25) is 0 Å². The van der Waals surface area contributed by atoms with Crippen molar-refractivity contribution in [3.63, 3.8) is 0 Å². The maximum atomic E-state index is 12.1. The molecule has 7 heteroatoms. The summed E-state index contributed by atoms with van der Waals surface area (Å²) < 4.78 is 21.2. The second kappa shape index (κ2) is 6.27. The van der Waals surface area contributed by atoms with Gasteiger partial charge < -0.3 is 18.7 Å². The van der Waals surface area contributed by atoms with E-state index in [1.54, 1.807) is 19.1 Å². The molecule has 0 bridgehead atoms. The van der Waals surface area contributed by atoms with Crippen LogP contribution in [0.25, 0.3) is 0 Å². The number of carbonyl (C=O) groups is 1. The van der Waals surface area contributed by atoms with Crippen LogP contribution in [0.5, 0.6) is 11.5 Å². The molecule has 6 nitrogen and oxygen atoms in total. The van der Waals surface area contributed by atoms with Gasteiger partial charge in [0.1, 0.15) is 0 Å². The highest BCUT2D eigenvalue weighted by molar-refractivity contribution is 6.32. The first-order valence-electron chi connectivity index (χ1n) is 6.82. The lowest BCUT2D eigenvalue weighted by Crippen LogP contribution is -2.06. The normalized spacial score (nSPS) is 13.5. The van der Waals surface area contributed by atoms with Gasteiger partial charge in [-0.05, 0) is 19.1 Å². The van der Waals surface area contributed by atoms with Crippen LogP contribution in [-0.4, -0.2) is 24.3 Å². The highest BCUT2D eigenvalue weighted by Gasteiger charge is 2.19. The van der Waals surface area contributed by atoms with E-state index >= 15 is 0 Å². The molecule has 1 aliphatic heterocycles. The maximum Gasteiger partial charge on any atom is 0.338 e. The van der Waals surface area contributed by atoms with Gasteiger partial charge in [-0.2, -0.15) is 0 Å². The van der Waals surface area contributed by atoms with Crippen molar-refractivity contribution in [1.29, 1.82) is 0 Å². The Bertz CT molecular complexity index is 697. The molecule has 0 unspecified atom stereocenters. The Morgan fingerprint density at radius 2 is 2.14 bits per heavy atom. The molecular formula is C15H14ClNO5. The zero-order chi connectivity index (χ0) is 15.5. The number of aromatic nitrogens is 1. The largest absolute Gasteiger partial charge is 0.489 e. The second-order valence-electron chi connectivity index (χ2n) is 4.85. The van der Waals surface area contributed by atoms with E-state index in [1.165, 1.54) is 6.07 Å². The van der Waals surface area contributed by atoms with Crippen LogP contribution in [0.3, 0.4) is 0 Å². The van der Waals surface area contributed by atoms with E-state index < -0.39 is 5.97 Å². The second-order valence-corrected chi connectivity index (χ2v) is 5.25. The fourth-order valence-electron chi connectivity index (χ4n) is 2.05. The summed E-state index contributed by atoms with van der Waals surface area (Å²) in [6, 6.07) is 4.78. The summed E-state index contributed by atoms with van der Waals surface area (Å²) in [7, 11) is 0. The predicted octanol–water partition coefficient (Wildman–Crippen LogP) is 3.15. The minimum atomic E-state index is -0.522. The summed E-state index contributed by atoms with van der Waals surface area (Å²) in [5.41, 5.74) is 1.02. The number of nitrogens with zero attached hydrogens (tertiary/aromatic N) is 1. The third kappa shape index (κ3) is 3.17. The minimum absolute atomic E-state index is 0.00569. The Morgan fingerprint density at radius 1 is 1.32 bits per heavy atom. The molecule has 0 saturated heterocycles. The zero-order valence-electron chi connectivity index (χ0n) is 11.9. The van der Waals surface area contributed by atoms with Crippen molar-refractivity contribution < 1.29 is 23.5 Å². The SMILES string of the molecule is Cc1cc(COC(=O)c2cc(Cl)c3c(c2)OCCCO3)on1. The average Bonchev–Trinajstić information content (AvgIpc) is 2.77. The molecule has 1 aromatic heterocycles. The smallest absolute Gasteiger partial charge is 0.338 e. The lowest BCUT2D eigenvalue weighted by atomic mass is 10.2. The van der Waals surface area contributed by atoms with Crippen LogP contribution in [0.15, 0.2) is 22.7 Å². The number of fused-ring (bicyclic) bond motifs is 1. The quantitative estimate of drug-likeness (QED) is 0.808. The van der Waals surface area contributed by atoms with Crippen LogP contribution in [0.1, 0.15) is 28.2 Å². The van der Waals surface area contributed by atoms with Crippen LogP contribution in [0.4, 0.5) is 0 Å². The Morgan fingerprint density at radius 3 is 2.91 bits per heavy atom. The molecule has 0 amide bonds. The molecule has 116 valence electrons. The number of rotatable bonds is 3. The van der Waals surface area contributed by atoms with Crippen molar-refractivity contribution >= 4 is 17.6 Å². The number of aryl methyl sites for hydroxylation is 1. The Kier molecular flexibility index (Phi) is 4.20. The van der Waals surface area contributed by atoms with Crippen molar-refractivity contribution in [2.45, 2.75) is 20.0 Å². The van der Waals surface area contributed by atoms with Gasteiger partial charge in [0.05, 0.1) is 29.5 Å².